The number of hydrogen-bond acceptors (Lipinski definition) is 3. The molecule has 1 heterocycles. The Hall–Kier alpha value is -2.46. The third-order valence-corrected chi connectivity index (χ3v) is 3.30. The van der Waals surface area contributed by atoms with Gasteiger partial charge in [0.1, 0.15) is 11.5 Å². The first-order chi connectivity index (χ1) is 9.63. The van der Waals surface area contributed by atoms with Crippen molar-refractivity contribution in [3.63, 3.8) is 0 Å². The molecule has 0 bridgehead atoms. The largest absolute Gasteiger partial charge is 0.508 e. The van der Waals surface area contributed by atoms with E-state index in [-0.39, 0.29) is 16.5 Å². The van der Waals surface area contributed by atoms with Crippen molar-refractivity contribution in [2.24, 2.45) is 0 Å². The van der Waals surface area contributed by atoms with E-state index in [0.717, 1.165) is 22.5 Å². The predicted molar refractivity (Wildman–Crippen MR) is 77.8 cm³/mol. The van der Waals surface area contributed by atoms with Gasteiger partial charge in [0.25, 0.3) is 0 Å². The molecular formula is C15H11ClN2O2. The summed E-state index contributed by atoms with van der Waals surface area (Å²) in [6, 6.07) is 13.7. The highest BCUT2D eigenvalue weighted by atomic mass is 35.5. The number of phenolic OH excluding ortho intramolecular Hbond substituents is 2. The monoisotopic (exact) mass is 286 g/mol. The number of aromatic amines is 1. The van der Waals surface area contributed by atoms with E-state index in [1.54, 1.807) is 36.4 Å². The lowest BCUT2D eigenvalue weighted by Gasteiger charge is -1.99. The van der Waals surface area contributed by atoms with Crippen molar-refractivity contribution in [1.29, 1.82) is 0 Å². The molecular weight excluding hydrogens is 276 g/mol. The fraction of sp³-hybridized carbons (Fsp3) is 0. The van der Waals surface area contributed by atoms with Crippen LogP contribution in [0.2, 0.25) is 5.02 Å². The third-order valence-electron chi connectivity index (χ3n) is 3.00. The zero-order valence-electron chi connectivity index (χ0n) is 10.3. The number of aromatic nitrogens is 2. The van der Waals surface area contributed by atoms with E-state index < -0.39 is 0 Å². The number of phenols is 2. The van der Waals surface area contributed by atoms with Gasteiger partial charge in [0.15, 0.2) is 0 Å². The van der Waals surface area contributed by atoms with Crippen LogP contribution in [0.3, 0.4) is 0 Å². The van der Waals surface area contributed by atoms with Crippen LogP contribution in [0, 0.1) is 0 Å². The highest BCUT2D eigenvalue weighted by Gasteiger charge is 2.08. The van der Waals surface area contributed by atoms with Gasteiger partial charge < -0.3 is 10.2 Å². The lowest BCUT2D eigenvalue weighted by Crippen LogP contribution is -1.78. The summed E-state index contributed by atoms with van der Waals surface area (Å²) >= 11 is 5.89. The second-order valence-corrected chi connectivity index (χ2v) is 4.79. The molecule has 0 unspecified atom stereocenters. The maximum absolute atomic E-state index is 9.42. The molecule has 0 saturated heterocycles. The molecule has 2 aromatic carbocycles. The van der Waals surface area contributed by atoms with Gasteiger partial charge in [-0.3, -0.25) is 5.10 Å². The molecule has 5 heteroatoms. The van der Waals surface area contributed by atoms with Gasteiger partial charge in [0, 0.05) is 5.56 Å². The van der Waals surface area contributed by atoms with Crippen LogP contribution >= 0.6 is 11.6 Å². The van der Waals surface area contributed by atoms with Gasteiger partial charge in [-0.05, 0) is 54.1 Å². The van der Waals surface area contributed by atoms with Crippen molar-refractivity contribution in [2.45, 2.75) is 0 Å². The van der Waals surface area contributed by atoms with E-state index in [9.17, 15) is 10.2 Å². The third kappa shape index (κ3) is 2.33. The summed E-state index contributed by atoms with van der Waals surface area (Å²) in [7, 11) is 0. The molecule has 0 radical (unpaired) electrons. The molecule has 3 N–H and O–H groups in total. The van der Waals surface area contributed by atoms with Crippen LogP contribution in [0.15, 0.2) is 48.5 Å². The molecule has 0 aliphatic carbocycles. The molecule has 3 aromatic rings. The summed E-state index contributed by atoms with van der Waals surface area (Å²) in [6.07, 6.45) is 0. The lowest BCUT2D eigenvalue weighted by molar-refractivity contribution is 0.475. The zero-order chi connectivity index (χ0) is 14.1. The molecule has 0 aliphatic rings. The van der Waals surface area contributed by atoms with E-state index in [4.69, 9.17) is 11.6 Å². The van der Waals surface area contributed by atoms with Crippen molar-refractivity contribution in [1.82, 2.24) is 10.2 Å². The Balaban J connectivity index is 1.97. The minimum Gasteiger partial charge on any atom is -0.508 e. The quantitative estimate of drug-likeness (QED) is 0.671. The first-order valence-corrected chi connectivity index (χ1v) is 6.35. The minimum atomic E-state index is 0.0460. The summed E-state index contributed by atoms with van der Waals surface area (Å²) in [5.41, 5.74) is 3.31. The number of benzene rings is 2. The van der Waals surface area contributed by atoms with Gasteiger partial charge in [-0.1, -0.05) is 11.6 Å². The molecule has 20 heavy (non-hydrogen) atoms. The summed E-state index contributed by atoms with van der Waals surface area (Å²) in [6.45, 7) is 0. The molecule has 3 rings (SSSR count). The van der Waals surface area contributed by atoms with Gasteiger partial charge in [-0.2, -0.15) is 5.10 Å². The van der Waals surface area contributed by atoms with Gasteiger partial charge in [0.2, 0.25) is 0 Å². The lowest BCUT2D eigenvalue weighted by atomic mass is 10.1. The summed E-state index contributed by atoms with van der Waals surface area (Å²) in [4.78, 5) is 0. The van der Waals surface area contributed by atoms with E-state index in [1.165, 1.54) is 6.07 Å². The zero-order valence-corrected chi connectivity index (χ0v) is 11.1. The average molecular weight is 287 g/mol. The van der Waals surface area contributed by atoms with E-state index in [1.807, 2.05) is 6.07 Å². The highest BCUT2D eigenvalue weighted by molar-refractivity contribution is 6.32. The van der Waals surface area contributed by atoms with Crippen LogP contribution in [0.4, 0.5) is 0 Å². The number of rotatable bonds is 2. The Morgan fingerprint density at radius 3 is 2.30 bits per heavy atom. The summed E-state index contributed by atoms with van der Waals surface area (Å²) in [5, 5.41) is 26.1. The average Bonchev–Trinajstić information content (AvgIpc) is 2.92. The van der Waals surface area contributed by atoms with Gasteiger partial charge >= 0.3 is 0 Å². The standard InChI is InChI=1S/C15H11ClN2O2/c16-12-7-10(3-6-15(12)20)14-8-13(17-18-14)9-1-4-11(19)5-2-9/h1-8,19-20H,(H,17,18). The molecule has 1 aromatic heterocycles. The minimum absolute atomic E-state index is 0.0460. The van der Waals surface area contributed by atoms with E-state index >= 15 is 0 Å². The number of hydrogen-bond donors (Lipinski definition) is 3. The molecule has 0 saturated carbocycles. The number of H-pyrrole nitrogens is 1. The van der Waals surface area contributed by atoms with E-state index in [0.29, 0.717) is 0 Å². The molecule has 0 spiro atoms. The Bertz CT molecular complexity index is 751. The Kier molecular flexibility index (Phi) is 3.08. The topological polar surface area (TPSA) is 69.1 Å². The fourth-order valence-corrected chi connectivity index (χ4v) is 2.11. The molecule has 0 aliphatic heterocycles. The van der Waals surface area contributed by atoms with Gasteiger partial charge in [-0.15, -0.1) is 0 Å². The number of aromatic hydroxyl groups is 2. The van der Waals surface area contributed by atoms with Crippen molar-refractivity contribution in [3.05, 3.63) is 53.6 Å². The molecule has 0 fully saturated rings. The normalized spacial score (nSPS) is 10.7. The smallest absolute Gasteiger partial charge is 0.134 e. The van der Waals surface area contributed by atoms with Crippen LogP contribution < -0.4 is 0 Å². The summed E-state index contributed by atoms with van der Waals surface area (Å²) < 4.78 is 0. The Morgan fingerprint density at radius 2 is 1.60 bits per heavy atom. The molecule has 4 nitrogen and oxygen atoms in total. The second kappa shape index (κ2) is 4.90. The van der Waals surface area contributed by atoms with Crippen molar-refractivity contribution in [2.75, 3.05) is 0 Å². The highest BCUT2D eigenvalue weighted by Crippen LogP contribution is 2.30. The van der Waals surface area contributed by atoms with Gasteiger partial charge in [0.05, 0.1) is 16.4 Å². The molecule has 100 valence electrons. The number of nitrogens with zero attached hydrogens (tertiary/aromatic N) is 1. The van der Waals surface area contributed by atoms with Gasteiger partial charge in [-0.25, -0.2) is 0 Å². The molecule has 0 amide bonds. The van der Waals surface area contributed by atoms with Crippen LogP contribution in [-0.4, -0.2) is 20.4 Å². The van der Waals surface area contributed by atoms with Crippen LogP contribution in [0.5, 0.6) is 11.5 Å². The Labute approximate surface area is 120 Å². The Morgan fingerprint density at radius 1 is 0.900 bits per heavy atom. The van der Waals surface area contributed by atoms with Crippen molar-refractivity contribution in [3.8, 4) is 34.0 Å². The van der Waals surface area contributed by atoms with Crippen molar-refractivity contribution < 1.29 is 10.2 Å². The maximum atomic E-state index is 9.42. The number of nitrogens with one attached hydrogen (secondary N) is 1. The second-order valence-electron chi connectivity index (χ2n) is 4.38. The SMILES string of the molecule is Oc1ccc(-c2cc(-c3ccc(O)c(Cl)c3)n[nH]2)cc1. The van der Waals surface area contributed by atoms with Crippen molar-refractivity contribution >= 4 is 11.6 Å². The first kappa shape index (κ1) is 12.6. The number of halogens is 1. The van der Waals surface area contributed by atoms with Crippen LogP contribution in [-0.2, 0) is 0 Å². The predicted octanol–water partition coefficient (Wildman–Crippen LogP) is 3.81. The van der Waals surface area contributed by atoms with Crippen LogP contribution in [0.25, 0.3) is 22.5 Å². The fourth-order valence-electron chi connectivity index (χ4n) is 1.92. The van der Waals surface area contributed by atoms with E-state index in [2.05, 4.69) is 10.2 Å². The summed E-state index contributed by atoms with van der Waals surface area (Å²) in [5.74, 6) is 0.267. The molecule has 0 atom stereocenters. The maximum Gasteiger partial charge on any atom is 0.134 e. The van der Waals surface area contributed by atoms with Crippen LogP contribution in [0.1, 0.15) is 0 Å². The first-order valence-electron chi connectivity index (χ1n) is 5.97.